The molecular weight excluding hydrogens is 264 g/mol. The molecule has 1 aromatic carbocycles. The van der Waals surface area contributed by atoms with Crippen molar-refractivity contribution < 1.29 is 0 Å². The molecule has 21 heavy (non-hydrogen) atoms. The normalized spacial score (nSPS) is 11.0. The van der Waals surface area contributed by atoms with Crippen LogP contribution in [-0.2, 0) is 0 Å². The third-order valence-electron chi connectivity index (χ3n) is 3.42. The predicted molar refractivity (Wildman–Crippen MR) is 81.6 cm³/mol. The number of nitrogens with one attached hydrogen (secondary N) is 1. The summed E-state index contributed by atoms with van der Waals surface area (Å²) in [5.41, 5.74) is 2.76. The van der Waals surface area contributed by atoms with Crippen LogP contribution in [0.5, 0.6) is 0 Å². The molecule has 0 radical (unpaired) electrons. The number of benzene rings is 1. The molecule has 5 heteroatoms. The molecule has 0 spiro atoms. The second kappa shape index (κ2) is 4.91. The first-order chi connectivity index (χ1) is 10.1. The number of aromatic amines is 1. The van der Waals surface area contributed by atoms with Gasteiger partial charge in [-0.3, -0.25) is 4.79 Å². The van der Waals surface area contributed by atoms with Gasteiger partial charge in [0.05, 0.1) is 12.3 Å². The van der Waals surface area contributed by atoms with Crippen LogP contribution in [0.25, 0.3) is 21.7 Å². The monoisotopic (exact) mass is 278 g/mol. The Morgan fingerprint density at radius 3 is 2.62 bits per heavy atom. The molecule has 3 aromatic rings. The van der Waals surface area contributed by atoms with Crippen LogP contribution in [0, 0.1) is 6.57 Å². The Morgan fingerprint density at radius 1 is 1.29 bits per heavy atom. The van der Waals surface area contributed by atoms with Crippen molar-refractivity contribution in [2.45, 2.75) is 19.8 Å². The molecule has 0 atom stereocenters. The van der Waals surface area contributed by atoms with Crippen LogP contribution < -0.4 is 5.56 Å². The second-order valence-corrected chi connectivity index (χ2v) is 5.13. The summed E-state index contributed by atoms with van der Waals surface area (Å²) < 4.78 is 1.34. The van der Waals surface area contributed by atoms with Gasteiger partial charge in [0.15, 0.2) is 5.65 Å². The predicted octanol–water partition coefficient (Wildman–Crippen LogP) is 3.36. The molecule has 0 aliphatic carbocycles. The van der Waals surface area contributed by atoms with Crippen molar-refractivity contribution in [1.82, 2.24) is 14.6 Å². The zero-order valence-corrected chi connectivity index (χ0v) is 11.8. The SMILES string of the molecule is [C-]#[N+]c1c[nH]n2c(=O)c(C(C)C)c(-c3ccccc3)nc12. The van der Waals surface area contributed by atoms with Gasteiger partial charge >= 0.3 is 0 Å². The Bertz CT molecular complexity index is 898. The van der Waals surface area contributed by atoms with Crippen molar-refractivity contribution in [2.75, 3.05) is 0 Å². The summed E-state index contributed by atoms with van der Waals surface area (Å²) in [6.45, 7) is 11.1. The highest BCUT2D eigenvalue weighted by atomic mass is 16.1. The lowest BCUT2D eigenvalue weighted by atomic mass is 9.98. The van der Waals surface area contributed by atoms with Crippen LogP contribution in [0.4, 0.5) is 5.69 Å². The maximum atomic E-state index is 12.7. The first-order valence-electron chi connectivity index (χ1n) is 6.70. The highest BCUT2D eigenvalue weighted by Gasteiger charge is 2.19. The summed E-state index contributed by atoms with van der Waals surface area (Å²) in [6, 6.07) is 9.60. The van der Waals surface area contributed by atoms with E-state index in [-0.39, 0.29) is 11.5 Å². The number of hydrogen-bond donors (Lipinski definition) is 1. The van der Waals surface area contributed by atoms with Gasteiger partial charge in [-0.1, -0.05) is 44.2 Å². The molecule has 0 saturated heterocycles. The molecule has 0 fully saturated rings. The van der Waals surface area contributed by atoms with Gasteiger partial charge in [-0.2, -0.15) is 0 Å². The van der Waals surface area contributed by atoms with E-state index in [1.165, 1.54) is 10.7 Å². The minimum atomic E-state index is -0.149. The van der Waals surface area contributed by atoms with Gasteiger partial charge in [0.2, 0.25) is 5.69 Å². The zero-order chi connectivity index (χ0) is 15.0. The van der Waals surface area contributed by atoms with Crippen molar-refractivity contribution in [3.63, 3.8) is 0 Å². The van der Waals surface area contributed by atoms with Crippen molar-refractivity contribution in [2.24, 2.45) is 0 Å². The Morgan fingerprint density at radius 2 is 2.00 bits per heavy atom. The number of aromatic nitrogens is 3. The number of hydrogen-bond acceptors (Lipinski definition) is 2. The van der Waals surface area contributed by atoms with Crippen LogP contribution >= 0.6 is 0 Å². The molecule has 5 nitrogen and oxygen atoms in total. The maximum absolute atomic E-state index is 12.7. The molecule has 3 rings (SSSR count). The van der Waals surface area contributed by atoms with E-state index in [9.17, 15) is 4.79 Å². The number of rotatable bonds is 2. The van der Waals surface area contributed by atoms with Gasteiger partial charge < -0.3 is 5.10 Å². The highest BCUT2D eigenvalue weighted by molar-refractivity contribution is 5.73. The molecule has 0 amide bonds. The van der Waals surface area contributed by atoms with Crippen molar-refractivity contribution in [3.8, 4) is 11.3 Å². The standard InChI is InChI=1S/C16H14N4O/c1-10(2)13-14(11-7-5-4-6-8-11)19-15-12(17-3)9-18-20(15)16(13)21/h4-10,18H,1-2H3. The Hall–Kier alpha value is -2.87. The molecule has 0 aliphatic heterocycles. The van der Waals surface area contributed by atoms with E-state index in [1.54, 1.807) is 0 Å². The van der Waals surface area contributed by atoms with E-state index in [0.29, 0.717) is 22.6 Å². The highest BCUT2D eigenvalue weighted by Crippen LogP contribution is 2.27. The van der Waals surface area contributed by atoms with E-state index >= 15 is 0 Å². The molecule has 104 valence electrons. The average Bonchev–Trinajstić information content (AvgIpc) is 2.91. The molecule has 2 heterocycles. The summed E-state index contributed by atoms with van der Waals surface area (Å²) in [5.74, 6) is 0.0387. The fourth-order valence-electron chi connectivity index (χ4n) is 2.43. The van der Waals surface area contributed by atoms with Crippen molar-refractivity contribution >= 4 is 11.3 Å². The van der Waals surface area contributed by atoms with E-state index in [1.807, 2.05) is 44.2 Å². The van der Waals surface area contributed by atoms with Crippen LogP contribution in [0.3, 0.4) is 0 Å². The van der Waals surface area contributed by atoms with Crippen LogP contribution in [0.15, 0.2) is 41.3 Å². The first kappa shape index (κ1) is 13.1. The summed E-state index contributed by atoms with van der Waals surface area (Å²) in [4.78, 5) is 20.7. The molecular formula is C16H14N4O. The largest absolute Gasteiger partial charge is 0.308 e. The Kier molecular flexibility index (Phi) is 3.07. The average molecular weight is 278 g/mol. The minimum absolute atomic E-state index is 0.0387. The Labute approximate surface area is 121 Å². The summed E-state index contributed by atoms with van der Waals surface area (Å²) in [5, 5.41) is 2.81. The molecule has 0 bridgehead atoms. The summed E-state index contributed by atoms with van der Waals surface area (Å²) in [7, 11) is 0. The van der Waals surface area contributed by atoms with Gasteiger partial charge in [-0.05, 0) is 5.92 Å². The van der Waals surface area contributed by atoms with E-state index in [2.05, 4.69) is 14.9 Å². The lowest BCUT2D eigenvalue weighted by Crippen LogP contribution is -2.22. The van der Waals surface area contributed by atoms with Crippen LogP contribution in [-0.4, -0.2) is 14.6 Å². The molecule has 0 aliphatic rings. The van der Waals surface area contributed by atoms with Gasteiger partial charge in [-0.25, -0.2) is 14.3 Å². The third kappa shape index (κ3) is 2.01. The smallest absolute Gasteiger partial charge is 0.275 e. The maximum Gasteiger partial charge on any atom is 0.275 e. The minimum Gasteiger partial charge on any atom is -0.308 e. The van der Waals surface area contributed by atoms with Gasteiger partial charge in [0.1, 0.15) is 0 Å². The second-order valence-electron chi connectivity index (χ2n) is 5.13. The number of fused-ring (bicyclic) bond motifs is 1. The van der Waals surface area contributed by atoms with Crippen molar-refractivity contribution in [3.05, 3.63) is 63.9 Å². The number of nitrogens with zero attached hydrogens (tertiary/aromatic N) is 3. The van der Waals surface area contributed by atoms with Gasteiger partial charge in [-0.15, -0.1) is 0 Å². The third-order valence-corrected chi connectivity index (χ3v) is 3.42. The van der Waals surface area contributed by atoms with Crippen LogP contribution in [0.1, 0.15) is 25.3 Å². The zero-order valence-electron chi connectivity index (χ0n) is 11.8. The topological polar surface area (TPSA) is 54.5 Å². The first-order valence-corrected chi connectivity index (χ1v) is 6.70. The molecule has 2 aromatic heterocycles. The molecule has 0 unspecified atom stereocenters. The van der Waals surface area contributed by atoms with E-state index < -0.39 is 0 Å². The fourth-order valence-corrected chi connectivity index (χ4v) is 2.43. The summed E-state index contributed by atoms with van der Waals surface area (Å²) >= 11 is 0. The van der Waals surface area contributed by atoms with Gasteiger partial charge in [0, 0.05) is 17.3 Å². The molecule has 1 N–H and O–H groups in total. The quantitative estimate of drug-likeness (QED) is 0.731. The summed E-state index contributed by atoms with van der Waals surface area (Å²) in [6.07, 6.45) is 1.51. The van der Waals surface area contributed by atoms with Crippen LogP contribution in [0.2, 0.25) is 0 Å². The number of H-pyrrole nitrogens is 1. The van der Waals surface area contributed by atoms with Gasteiger partial charge in [0.25, 0.3) is 5.56 Å². The molecule has 0 saturated carbocycles. The van der Waals surface area contributed by atoms with E-state index in [0.717, 1.165) is 5.56 Å². The van der Waals surface area contributed by atoms with E-state index in [4.69, 9.17) is 6.57 Å². The van der Waals surface area contributed by atoms with Crippen molar-refractivity contribution in [1.29, 1.82) is 0 Å². The Balaban J connectivity index is 2.45. The lowest BCUT2D eigenvalue weighted by Gasteiger charge is -2.12. The lowest BCUT2D eigenvalue weighted by molar-refractivity contribution is 0.798. The fraction of sp³-hybridized carbons (Fsp3) is 0.188.